The fourth-order valence-corrected chi connectivity index (χ4v) is 7.19. The van der Waals surface area contributed by atoms with Crippen LogP contribution in [0.5, 0.6) is 0 Å². The molecule has 1 aliphatic heterocycles. The van der Waals surface area contributed by atoms with Crippen LogP contribution in [0.1, 0.15) is 55.6 Å². The minimum Gasteiger partial charge on any atom is -0.391 e. The molecule has 7 nitrogen and oxygen atoms in total. The molecule has 6 rings (SSSR count). The molecular weight excluding hydrogens is 466 g/mol. The third kappa shape index (κ3) is 4.06. The van der Waals surface area contributed by atoms with Gasteiger partial charge in [0.1, 0.15) is 16.7 Å². The normalized spacial score (nSPS) is 22.4. The van der Waals surface area contributed by atoms with Gasteiger partial charge in [-0.15, -0.1) is 27.8 Å². The zero-order valence-corrected chi connectivity index (χ0v) is 20.4. The van der Waals surface area contributed by atoms with Gasteiger partial charge in [-0.1, -0.05) is 42.7 Å². The number of aliphatic hydroxyl groups is 1. The zero-order chi connectivity index (χ0) is 23.1. The van der Waals surface area contributed by atoms with Crippen LogP contribution in [0.25, 0.3) is 20.8 Å². The zero-order valence-electron chi connectivity index (χ0n) is 18.8. The van der Waals surface area contributed by atoms with E-state index >= 15 is 0 Å². The van der Waals surface area contributed by atoms with Crippen LogP contribution in [0.4, 0.5) is 0 Å². The fraction of sp³-hybridized carbons (Fsp3) is 0.440. The molecule has 0 bridgehead atoms. The van der Waals surface area contributed by atoms with Gasteiger partial charge in [0.15, 0.2) is 0 Å². The highest BCUT2D eigenvalue weighted by atomic mass is 32.1. The molecule has 2 aliphatic rings. The van der Waals surface area contributed by atoms with E-state index in [-0.39, 0.29) is 17.9 Å². The average Bonchev–Trinajstić information content (AvgIpc) is 3.65. The number of likely N-dealkylation sites (tertiary alicyclic amines) is 1. The highest BCUT2D eigenvalue weighted by molar-refractivity contribution is 7.18. The van der Waals surface area contributed by atoms with Crippen LogP contribution in [0, 0.1) is 5.92 Å². The molecule has 1 aliphatic carbocycles. The number of thiophene rings is 1. The molecule has 2 fully saturated rings. The summed E-state index contributed by atoms with van der Waals surface area (Å²) < 4.78 is 2.89. The Labute approximate surface area is 206 Å². The molecule has 3 aromatic heterocycles. The Hall–Kier alpha value is -2.62. The van der Waals surface area contributed by atoms with Gasteiger partial charge in [-0.3, -0.25) is 4.79 Å². The number of amides is 1. The fourth-order valence-electron chi connectivity index (χ4n) is 5.42. The van der Waals surface area contributed by atoms with Crippen molar-refractivity contribution in [1.29, 1.82) is 0 Å². The van der Waals surface area contributed by atoms with Crippen molar-refractivity contribution < 1.29 is 9.90 Å². The maximum absolute atomic E-state index is 14.2. The molecule has 176 valence electrons. The third-order valence-corrected chi connectivity index (χ3v) is 9.11. The second-order valence-electron chi connectivity index (χ2n) is 9.32. The van der Waals surface area contributed by atoms with E-state index in [0.29, 0.717) is 13.0 Å². The number of rotatable bonds is 5. The lowest BCUT2D eigenvalue weighted by atomic mass is 9.83. The highest BCUT2D eigenvalue weighted by Crippen LogP contribution is 2.41. The molecule has 0 spiro atoms. The Balaban J connectivity index is 1.35. The molecule has 3 atom stereocenters. The van der Waals surface area contributed by atoms with Crippen molar-refractivity contribution in [1.82, 2.24) is 24.9 Å². The quantitative estimate of drug-likeness (QED) is 0.420. The minimum absolute atomic E-state index is 0.0235. The van der Waals surface area contributed by atoms with Crippen molar-refractivity contribution in [2.45, 2.75) is 56.7 Å². The van der Waals surface area contributed by atoms with Crippen LogP contribution < -0.4 is 0 Å². The van der Waals surface area contributed by atoms with Crippen LogP contribution in [-0.4, -0.2) is 48.5 Å². The number of para-hydroxylation sites is 1. The van der Waals surface area contributed by atoms with E-state index in [9.17, 15) is 9.90 Å². The molecule has 4 heterocycles. The molecule has 9 heteroatoms. The summed E-state index contributed by atoms with van der Waals surface area (Å²) in [6.07, 6.45) is 7.37. The highest BCUT2D eigenvalue weighted by Gasteiger charge is 2.43. The Kier molecular flexibility index (Phi) is 5.92. The molecular formula is C25H27N5O2S2. The molecule has 1 unspecified atom stereocenters. The Morgan fingerprint density at radius 3 is 2.76 bits per heavy atom. The van der Waals surface area contributed by atoms with Crippen LogP contribution in [0.15, 0.2) is 48.0 Å². The SMILES string of the molecule is O=C(C(C1CCCCC1)n1cc(-c2cccs2)nn1)N1C[C@H](O)C[C@H]1c1nc2ccccc2s1. The van der Waals surface area contributed by atoms with Gasteiger partial charge < -0.3 is 10.0 Å². The monoisotopic (exact) mass is 493 g/mol. The summed E-state index contributed by atoms with van der Waals surface area (Å²) in [7, 11) is 0. The first-order valence-corrected chi connectivity index (χ1v) is 13.7. The maximum Gasteiger partial charge on any atom is 0.248 e. The van der Waals surface area contributed by atoms with Gasteiger partial charge in [0.25, 0.3) is 0 Å². The lowest BCUT2D eigenvalue weighted by Gasteiger charge is -2.33. The predicted molar refractivity (Wildman–Crippen MR) is 134 cm³/mol. The first-order valence-electron chi connectivity index (χ1n) is 12.0. The van der Waals surface area contributed by atoms with E-state index in [4.69, 9.17) is 4.98 Å². The summed E-state index contributed by atoms with van der Waals surface area (Å²) in [4.78, 5) is 21.9. The van der Waals surface area contributed by atoms with Gasteiger partial charge in [-0.25, -0.2) is 9.67 Å². The smallest absolute Gasteiger partial charge is 0.248 e. The van der Waals surface area contributed by atoms with E-state index in [1.54, 1.807) is 27.4 Å². The number of aromatic nitrogens is 4. The maximum atomic E-state index is 14.2. The Morgan fingerprint density at radius 2 is 1.97 bits per heavy atom. The Morgan fingerprint density at radius 1 is 1.12 bits per heavy atom. The molecule has 1 aromatic carbocycles. The van der Waals surface area contributed by atoms with Gasteiger partial charge in [0.2, 0.25) is 5.91 Å². The number of hydrogen-bond acceptors (Lipinski definition) is 7. The van der Waals surface area contributed by atoms with Crippen LogP contribution in [-0.2, 0) is 4.79 Å². The number of carbonyl (C=O) groups is 1. The number of β-amino-alcohol motifs (C(OH)–C–C–N with tert-alkyl or cyclic N) is 1. The summed E-state index contributed by atoms with van der Waals surface area (Å²) in [6.45, 7) is 0.328. The van der Waals surface area contributed by atoms with E-state index in [0.717, 1.165) is 51.5 Å². The van der Waals surface area contributed by atoms with E-state index < -0.39 is 12.1 Å². The first kappa shape index (κ1) is 21.9. The molecule has 4 aromatic rings. The Bertz CT molecular complexity index is 1240. The first-order chi connectivity index (χ1) is 16.7. The largest absolute Gasteiger partial charge is 0.391 e. The van der Waals surface area contributed by atoms with Gasteiger partial charge in [-0.05, 0) is 42.3 Å². The van der Waals surface area contributed by atoms with Crippen LogP contribution in [0.2, 0.25) is 0 Å². The second-order valence-corrected chi connectivity index (χ2v) is 11.3. The minimum atomic E-state index is -0.551. The molecule has 1 saturated heterocycles. The summed E-state index contributed by atoms with van der Waals surface area (Å²) in [5, 5.41) is 22.4. The average molecular weight is 494 g/mol. The van der Waals surface area contributed by atoms with Crippen LogP contribution >= 0.6 is 22.7 Å². The molecule has 34 heavy (non-hydrogen) atoms. The van der Waals surface area contributed by atoms with Crippen molar-refractivity contribution in [3.63, 3.8) is 0 Å². The summed E-state index contributed by atoms with van der Waals surface area (Å²) in [5.74, 6) is 0.239. The third-order valence-electron chi connectivity index (χ3n) is 7.08. The number of fused-ring (bicyclic) bond motifs is 1. The van der Waals surface area contributed by atoms with Crippen molar-refractivity contribution in [2.24, 2.45) is 5.92 Å². The lowest BCUT2D eigenvalue weighted by molar-refractivity contribution is -0.138. The predicted octanol–water partition coefficient (Wildman–Crippen LogP) is 5.07. The van der Waals surface area contributed by atoms with Gasteiger partial charge >= 0.3 is 0 Å². The number of carbonyl (C=O) groups excluding carboxylic acids is 1. The topological polar surface area (TPSA) is 84.1 Å². The number of aliphatic hydroxyl groups excluding tert-OH is 1. The van der Waals surface area contributed by atoms with Gasteiger partial charge in [0, 0.05) is 13.0 Å². The molecule has 1 saturated carbocycles. The second kappa shape index (κ2) is 9.20. The number of nitrogens with zero attached hydrogens (tertiary/aromatic N) is 5. The molecule has 1 amide bonds. The van der Waals surface area contributed by atoms with Crippen molar-refractivity contribution >= 4 is 38.8 Å². The van der Waals surface area contributed by atoms with Crippen molar-refractivity contribution in [2.75, 3.05) is 6.54 Å². The lowest BCUT2D eigenvalue weighted by Crippen LogP contribution is -2.41. The van der Waals surface area contributed by atoms with Gasteiger partial charge in [0.05, 0.1) is 33.4 Å². The number of benzene rings is 1. The number of hydrogen-bond donors (Lipinski definition) is 1. The summed E-state index contributed by atoms with van der Waals surface area (Å²) in [6, 6.07) is 11.4. The van der Waals surface area contributed by atoms with E-state index in [1.807, 2.05) is 46.8 Å². The molecule has 1 N–H and O–H groups in total. The number of thiazole rings is 1. The molecule has 0 radical (unpaired) electrons. The van der Waals surface area contributed by atoms with Crippen molar-refractivity contribution in [3.05, 3.63) is 53.0 Å². The van der Waals surface area contributed by atoms with Gasteiger partial charge in [-0.2, -0.15) is 0 Å². The van der Waals surface area contributed by atoms with E-state index in [1.165, 1.54) is 6.42 Å². The van der Waals surface area contributed by atoms with Crippen LogP contribution in [0.3, 0.4) is 0 Å². The summed E-state index contributed by atoms with van der Waals surface area (Å²) >= 11 is 3.23. The van der Waals surface area contributed by atoms with Crippen molar-refractivity contribution in [3.8, 4) is 10.6 Å². The summed E-state index contributed by atoms with van der Waals surface area (Å²) in [5.41, 5.74) is 1.74. The van der Waals surface area contributed by atoms with E-state index in [2.05, 4.69) is 16.4 Å². The standard InChI is InChI=1S/C25H27N5O2S2/c31-17-13-20(24-26-18-9-4-5-10-22(18)34-24)29(14-17)25(32)23(16-7-2-1-3-8-16)30-15-19(27-28-30)21-11-6-12-33-21/h4-6,9-12,15-17,20,23,31H,1-3,7-8,13-14H2/t17-,20+,23?/m1/s1.